The Bertz CT molecular complexity index is 349. The van der Waals surface area contributed by atoms with E-state index in [1.807, 2.05) is 0 Å². The molecule has 2 rings (SSSR count). The minimum absolute atomic E-state index is 0.189. The van der Waals surface area contributed by atoms with Crippen LogP contribution in [0.3, 0.4) is 0 Å². The lowest BCUT2D eigenvalue weighted by molar-refractivity contribution is 0.524. The van der Waals surface area contributed by atoms with E-state index in [1.54, 1.807) is 6.07 Å². The Labute approximate surface area is 89.9 Å². The van der Waals surface area contributed by atoms with E-state index in [4.69, 9.17) is 0 Å². The van der Waals surface area contributed by atoms with Gasteiger partial charge in [-0.1, -0.05) is 13.8 Å². The third-order valence-corrected chi connectivity index (χ3v) is 2.64. The molecule has 3 heteroatoms. The van der Waals surface area contributed by atoms with E-state index in [-0.39, 0.29) is 5.82 Å². The minimum atomic E-state index is -0.189. The molecule has 0 aliphatic carbocycles. The topological polar surface area (TPSA) is 24.1 Å². The number of nitrogens with one attached hydrogen (secondary N) is 2. The van der Waals surface area contributed by atoms with Crippen molar-refractivity contribution in [3.05, 3.63) is 24.0 Å². The van der Waals surface area contributed by atoms with Crippen molar-refractivity contribution in [1.82, 2.24) is 0 Å². The molecule has 15 heavy (non-hydrogen) atoms. The van der Waals surface area contributed by atoms with E-state index in [2.05, 4.69) is 24.5 Å². The second-order valence-electron chi connectivity index (χ2n) is 4.54. The first-order chi connectivity index (χ1) is 7.15. The zero-order valence-electron chi connectivity index (χ0n) is 9.18. The Balaban J connectivity index is 2.10. The largest absolute Gasteiger partial charge is 0.381 e. The SMILES string of the molecule is CC(C)CC1CNc2cc(F)ccc2N1. The number of hydrogen-bond donors (Lipinski definition) is 2. The van der Waals surface area contributed by atoms with Crippen molar-refractivity contribution >= 4 is 11.4 Å². The summed E-state index contributed by atoms with van der Waals surface area (Å²) < 4.78 is 12.9. The predicted octanol–water partition coefficient (Wildman–Crippen LogP) is 3.08. The van der Waals surface area contributed by atoms with Crippen LogP contribution in [0.25, 0.3) is 0 Å². The molecule has 2 N–H and O–H groups in total. The fourth-order valence-electron chi connectivity index (χ4n) is 2.00. The Morgan fingerprint density at radius 2 is 2.20 bits per heavy atom. The highest BCUT2D eigenvalue weighted by molar-refractivity contribution is 5.71. The van der Waals surface area contributed by atoms with Gasteiger partial charge in [-0.3, -0.25) is 0 Å². The molecule has 0 amide bonds. The molecule has 0 fully saturated rings. The van der Waals surface area contributed by atoms with Crippen molar-refractivity contribution in [1.29, 1.82) is 0 Å². The van der Waals surface area contributed by atoms with Gasteiger partial charge >= 0.3 is 0 Å². The molecule has 0 saturated heterocycles. The summed E-state index contributed by atoms with van der Waals surface area (Å²) in [5, 5.41) is 6.68. The molecule has 1 aliphatic heterocycles. The number of anilines is 2. The van der Waals surface area contributed by atoms with Gasteiger partial charge in [-0.25, -0.2) is 4.39 Å². The zero-order valence-corrected chi connectivity index (χ0v) is 9.18. The highest BCUT2D eigenvalue weighted by Crippen LogP contribution is 2.28. The summed E-state index contributed by atoms with van der Waals surface area (Å²) >= 11 is 0. The molecule has 1 aromatic carbocycles. The second kappa shape index (κ2) is 4.09. The minimum Gasteiger partial charge on any atom is -0.381 e. The fraction of sp³-hybridized carbons (Fsp3) is 0.500. The fourth-order valence-corrected chi connectivity index (χ4v) is 2.00. The normalized spacial score (nSPS) is 19.3. The first-order valence-corrected chi connectivity index (χ1v) is 5.45. The van der Waals surface area contributed by atoms with Crippen molar-refractivity contribution in [2.45, 2.75) is 26.3 Å². The summed E-state index contributed by atoms with van der Waals surface area (Å²) in [6, 6.07) is 5.27. The molecule has 2 nitrogen and oxygen atoms in total. The maximum absolute atomic E-state index is 12.9. The number of benzene rings is 1. The van der Waals surface area contributed by atoms with E-state index < -0.39 is 0 Å². The van der Waals surface area contributed by atoms with Crippen LogP contribution in [-0.4, -0.2) is 12.6 Å². The van der Waals surface area contributed by atoms with Crippen molar-refractivity contribution in [2.24, 2.45) is 5.92 Å². The first kappa shape index (κ1) is 10.3. The average molecular weight is 208 g/mol. The van der Waals surface area contributed by atoms with Gasteiger partial charge in [0.1, 0.15) is 5.82 Å². The average Bonchev–Trinajstić information content (AvgIpc) is 2.17. The molecule has 1 aliphatic rings. The van der Waals surface area contributed by atoms with Crippen molar-refractivity contribution in [3.63, 3.8) is 0 Å². The van der Waals surface area contributed by atoms with Crippen LogP contribution < -0.4 is 10.6 Å². The Morgan fingerprint density at radius 3 is 2.93 bits per heavy atom. The molecule has 0 spiro atoms. The van der Waals surface area contributed by atoms with Crippen LogP contribution in [0.15, 0.2) is 18.2 Å². The van der Waals surface area contributed by atoms with Crippen LogP contribution in [0.4, 0.5) is 15.8 Å². The zero-order chi connectivity index (χ0) is 10.8. The van der Waals surface area contributed by atoms with E-state index >= 15 is 0 Å². The monoisotopic (exact) mass is 208 g/mol. The van der Waals surface area contributed by atoms with Gasteiger partial charge in [-0.15, -0.1) is 0 Å². The summed E-state index contributed by atoms with van der Waals surface area (Å²) in [4.78, 5) is 0. The van der Waals surface area contributed by atoms with Gasteiger partial charge in [0.25, 0.3) is 0 Å². The molecule has 82 valence electrons. The van der Waals surface area contributed by atoms with Crippen LogP contribution in [-0.2, 0) is 0 Å². The lowest BCUT2D eigenvalue weighted by Gasteiger charge is -2.29. The van der Waals surface area contributed by atoms with Gasteiger partial charge in [0.15, 0.2) is 0 Å². The quantitative estimate of drug-likeness (QED) is 0.780. The summed E-state index contributed by atoms with van der Waals surface area (Å²) in [6.07, 6.45) is 1.13. The van der Waals surface area contributed by atoms with E-state index in [9.17, 15) is 4.39 Å². The maximum Gasteiger partial charge on any atom is 0.125 e. The summed E-state index contributed by atoms with van der Waals surface area (Å²) in [5.41, 5.74) is 1.88. The smallest absolute Gasteiger partial charge is 0.125 e. The van der Waals surface area contributed by atoms with Gasteiger partial charge < -0.3 is 10.6 Å². The Morgan fingerprint density at radius 1 is 1.40 bits per heavy atom. The highest BCUT2D eigenvalue weighted by Gasteiger charge is 2.17. The molecule has 0 saturated carbocycles. The van der Waals surface area contributed by atoms with Crippen LogP contribution in [0.2, 0.25) is 0 Å². The molecular weight excluding hydrogens is 191 g/mol. The molecule has 1 atom stereocenters. The molecule has 0 aromatic heterocycles. The second-order valence-corrected chi connectivity index (χ2v) is 4.54. The maximum atomic E-state index is 12.9. The van der Waals surface area contributed by atoms with Gasteiger partial charge in [-0.2, -0.15) is 0 Å². The summed E-state index contributed by atoms with van der Waals surface area (Å²) in [7, 11) is 0. The summed E-state index contributed by atoms with van der Waals surface area (Å²) in [5.74, 6) is 0.483. The van der Waals surface area contributed by atoms with E-state index in [1.165, 1.54) is 12.1 Å². The van der Waals surface area contributed by atoms with Crippen LogP contribution in [0, 0.1) is 11.7 Å². The van der Waals surface area contributed by atoms with E-state index in [0.717, 1.165) is 24.3 Å². The van der Waals surface area contributed by atoms with Crippen molar-refractivity contribution in [3.8, 4) is 0 Å². The van der Waals surface area contributed by atoms with Gasteiger partial charge in [-0.05, 0) is 30.5 Å². The lowest BCUT2D eigenvalue weighted by atomic mass is 10.0. The standard InChI is InChI=1S/C12H17FN2/c1-8(2)5-10-7-14-12-6-9(13)3-4-11(12)15-10/h3-4,6,8,10,14-15H,5,7H2,1-2H3. The van der Waals surface area contributed by atoms with E-state index in [0.29, 0.717) is 12.0 Å². The van der Waals surface area contributed by atoms with Gasteiger partial charge in [0.2, 0.25) is 0 Å². The van der Waals surface area contributed by atoms with Crippen LogP contribution >= 0.6 is 0 Å². The molecular formula is C12H17FN2. The number of halogens is 1. The van der Waals surface area contributed by atoms with Crippen LogP contribution in [0.1, 0.15) is 20.3 Å². The van der Waals surface area contributed by atoms with Crippen molar-refractivity contribution in [2.75, 3.05) is 17.2 Å². The first-order valence-electron chi connectivity index (χ1n) is 5.45. The Hall–Kier alpha value is -1.25. The number of fused-ring (bicyclic) bond motifs is 1. The molecule has 1 unspecified atom stereocenters. The lowest BCUT2D eigenvalue weighted by Crippen LogP contribution is -2.34. The Kier molecular flexibility index (Phi) is 2.80. The summed E-state index contributed by atoms with van der Waals surface area (Å²) in [6.45, 7) is 5.29. The molecule has 1 heterocycles. The van der Waals surface area contributed by atoms with Crippen molar-refractivity contribution < 1.29 is 4.39 Å². The third kappa shape index (κ3) is 2.41. The van der Waals surface area contributed by atoms with Gasteiger partial charge in [0, 0.05) is 12.6 Å². The third-order valence-electron chi connectivity index (χ3n) is 2.64. The number of rotatable bonds is 2. The molecule has 1 aromatic rings. The predicted molar refractivity (Wildman–Crippen MR) is 61.8 cm³/mol. The molecule has 0 bridgehead atoms. The van der Waals surface area contributed by atoms with Crippen LogP contribution in [0.5, 0.6) is 0 Å². The van der Waals surface area contributed by atoms with Gasteiger partial charge in [0.05, 0.1) is 11.4 Å². The highest BCUT2D eigenvalue weighted by atomic mass is 19.1. The molecule has 0 radical (unpaired) electrons. The number of hydrogen-bond acceptors (Lipinski definition) is 2.